The van der Waals surface area contributed by atoms with Gasteiger partial charge in [-0.25, -0.2) is 0 Å². The van der Waals surface area contributed by atoms with Crippen LogP contribution in [0.2, 0.25) is 0 Å². The van der Waals surface area contributed by atoms with Crippen molar-refractivity contribution in [1.29, 1.82) is 0 Å². The summed E-state index contributed by atoms with van der Waals surface area (Å²) in [6, 6.07) is 12.9. The fourth-order valence-electron chi connectivity index (χ4n) is 4.08. The van der Waals surface area contributed by atoms with Crippen molar-refractivity contribution in [2.75, 3.05) is 7.11 Å². The zero-order valence-corrected chi connectivity index (χ0v) is 21.2. The van der Waals surface area contributed by atoms with E-state index in [4.69, 9.17) is 0 Å². The molecule has 0 amide bonds. The summed E-state index contributed by atoms with van der Waals surface area (Å²) in [7, 11) is 0.893. The van der Waals surface area contributed by atoms with Gasteiger partial charge in [0, 0.05) is 40.9 Å². The molecule has 1 aromatic heterocycles. The van der Waals surface area contributed by atoms with Crippen molar-refractivity contribution in [3.63, 3.8) is 0 Å². The van der Waals surface area contributed by atoms with Gasteiger partial charge in [0.25, 0.3) is 0 Å². The number of hydrogen-bond acceptors (Lipinski definition) is 3. The minimum absolute atomic E-state index is 0.0195. The van der Waals surface area contributed by atoms with Crippen molar-refractivity contribution in [1.82, 2.24) is 0 Å². The summed E-state index contributed by atoms with van der Waals surface area (Å²) in [6.07, 6.45) is -2.66. The van der Waals surface area contributed by atoms with Crippen LogP contribution < -0.4 is 0 Å². The topological polar surface area (TPSA) is 43.4 Å². The highest BCUT2D eigenvalue weighted by atomic mass is 32.2. The predicted octanol–water partition coefficient (Wildman–Crippen LogP) is 7.80. The molecule has 186 valence electrons. The molecule has 0 saturated heterocycles. The number of hydrogen-bond donors (Lipinski definition) is 0. The minimum atomic E-state index is -4.37. The first-order chi connectivity index (χ1) is 16.5. The molecule has 35 heavy (non-hydrogen) atoms. The maximum absolute atomic E-state index is 13.0. The zero-order chi connectivity index (χ0) is 25.8. The molecule has 0 N–H and O–H groups in total. The van der Waals surface area contributed by atoms with Gasteiger partial charge >= 0.3 is 12.1 Å². The number of methoxy groups -OCH3 is 1. The predicted molar refractivity (Wildman–Crippen MR) is 134 cm³/mol. The Morgan fingerprint density at radius 1 is 0.971 bits per heavy atom. The van der Waals surface area contributed by atoms with E-state index >= 15 is 0 Å². The van der Waals surface area contributed by atoms with Crippen LogP contribution in [0.15, 0.2) is 53.9 Å². The zero-order valence-electron chi connectivity index (χ0n) is 20.4. The van der Waals surface area contributed by atoms with Crippen LogP contribution >= 0.6 is 10.5 Å². The molecule has 0 aliphatic rings. The first-order valence-corrected chi connectivity index (χ1v) is 12.8. The van der Waals surface area contributed by atoms with Crippen LogP contribution in [-0.4, -0.2) is 18.9 Å². The molecule has 0 fully saturated rings. The van der Waals surface area contributed by atoms with Gasteiger partial charge in [-0.3, -0.25) is 9.59 Å². The normalized spacial score (nSPS) is 12.2. The van der Waals surface area contributed by atoms with Gasteiger partial charge in [0.15, 0.2) is 15.6 Å². The molecule has 3 rings (SSSR count). The van der Waals surface area contributed by atoms with Crippen molar-refractivity contribution in [3.8, 4) is 4.90 Å². The van der Waals surface area contributed by atoms with Gasteiger partial charge in [-0.05, 0) is 66.8 Å². The van der Waals surface area contributed by atoms with E-state index in [2.05, 4.69) is 18.6 Å². The molecule has 0 spiro atoms. The number of ketones is 1. The molecule has 7 heteroatoms. The molecule has 0 radical (unpaired) electrons. The maximum Gasteiger partial charge on any atom is 0.416 e. The van der Waals surface area contributed by atoms with E-state index in [0.717, 1.165) is 38.6 Å². The number of carbonyl (C=O) groups is 2. The lowest BCUT2D eigenvalue weighted by molar-refractivity contribution is -0.140. The maximum atomic E-state index is 13.0. The van der Waals surface area contributed by atoms with Gasteiger partial charge < -0.3 is 4.74 Å². The third-order valence-electron chi connectivity index (χ3n) is 6.10. The number of ether oxygens (including phenoxy) is 1. The van der Waals surface area contributed by atoms with E-state index in [1.54, 1.807) is 6.07 Å². The Morgan fingerprint density at radius 3 is 2.23 bits per heavy atom. The van der Waals surface area contributed by atoms with E-state index in [1.807, 2.05) is 30.5 Å². The fraction of sp³-hybridized carbons (Fsp3) is 0.357. The molecule has 1 atom stereocenters. The van der Waals surface area contributed by atoms with Crippen LogP contribution in [0.5, 0.6) is 0 Å². The third kappa shape index (κ3) is 6.60. The van der Waals surface area contributed by atoms with E-state index in [9.17, 15) is 22.8 Å². The number of thiophene rings is 1. The molecule has 1 unspecified atom stereocenters. The average Bonchev–Trinajstić information content (AvgIpc) is 3.25. The molecule has 0 bridgehead atoms. The van der Waals surface area contributed by atoms with Crippen molar-refractivity contribution < 1.29 is 27.5 Å². The second-order valence-electron chi connectivity index (χ2n) is 8.84. The summed E-state index contributed by atoms with van der Waals surface area (Å²) in [5.41, 5.74) is 3.06. The van der Waals surface area contributed by atoms with Crippen LogP contribution in [-0.2, 0) is 28.5 Å². The lowest BCUT2D eigenvalue weighted by Gasteiger charge is -2.09. The average molecular weight is 504 g/mol. The number of aryl methyl sites for hydroxylation is 2. The Labute approximate surface area is 206 Å². The van der Waals surface area contributed by atoms with Gasteiger partial charge in [0.2, 0.25) is 0 Å². The second kappa shape index (κ2) is 11.2. The molecule has 3 aromatic rings. The van der Waals surface area contributed by atoms with Crippen LogP contribution in [0, 0.1) is 6.92 Å². The van der Waals surface area contributed by atoms with E-state index in [-0.39, 0.29) is 24.1 Å². The first-order valence-electron chi connectivity index (χ1n) is 11.5. The monoisotopic (exact) mass is 503 g/mol. The van der Waals surface area contributed by atoms with E-state index < -0.39 is 22.2 Å². The summed E-state index contributed by atoms with van der Waals surface area (Å²) in [5.74, 6) is -0.00174. The molecular formula is C28H30F3O3S+. The lowest BCUT2D eigenvalue weighted by atomic mass is 9.97. The quantitative estimate of drug-likeness (QED) is 0.170. The number of carbonyl (C=O) groups excluding carboxylic acids is 2. The van der Waals surface area contributed by atoms with Gasteiger partial charge in [0.1, 0.15) is 5.38 Å². The molecule has 0 aliphatic carbocycles. The third-order valence-corrected chi connectivity index (χ3v) is 8.26. The largest absolute Gasteiger partial charge is 0.469 e. The van der Waals surface area contributed by atoms with Gasteiger partial charge in [0.05, 0.1) is 12.7 Å². The number of Topliss-reactive ketones (excluding diaryl/α,β-unsaturated/α-hetero) is 1. The van der Waals surface area contributed by atoms with Crippen molar-refractivity contribution >= 4 is 22.2 Å². The molecule has 0 saturated carbocycles. The lowest BCUT2D eigenvalue weighted by Crippen LogP contribution is -2.06. The summed E-state index contributed by atoms with van der Waals surface area (Å²) in [4.78, 5) is 26.4. The minimum Gasteiger partial charge on any atom is -0.469 e. The Balaban J connectivity index is 1.78. The van der Waals surface area contributed by atoms with Gasteiger partial charge in [-0.1, -0.05) is 26.0 Å². The highest BCUT2D eigenvalue weighted by molar-refractivity contribution is 7.38. The molecule has 3 nitrogen and oxygen atoms in total. The van der Waals surface area contributed by atoms with Crippen LogP contribution in [0.1, 0.15) is 70.1 Å². The van der Waals surface area contributed by atoms with Crippen LogP contribution in [0.3, 0.4) is 0 Å². The van der Waals surface area contributed by atoms with E-state index in [1.165, 1.54) is 19.2 Å². The summed E-state index contributed by atoms with van der Waals surface area (Å²) in [6.45, 7) is 6.08. The summed E-state index contributed by atoms with van der Waals surface area (Å²) >= 11 is 0. The number of halogens is 3. The molecule has 2 aromatic carbocycles. The van der Waals surface area contributed by atoms with Crippen molar-refractivity contribution in [2.24, 2.45) is 0 Å². The summed E-state index contributed by atoms with van der Waals surface area (Å²) in [5, 5.41) is 2.04. The highest BCUT2D eigenvalue weighted by Gasteiger charge is 2.31. The van der Waals surface area contributed by atoms with Crippen molar-refractivity contribution in [2.45, 2.75) is 58.5 Å². The number of rotatable bonds is 9. The molecular weight excluding hydrogens is 473 g/mol. The smallest absolute Gasteiger partial charge is 0.416 e. The van der Waals surface area contributed by atoms with Gasteiger partial charge in [-0.15, -0.1) is 0 Å². The second-order valence-corrected chi connectivity index (χ2v) is 10.7. The van der Waals surface area contributed by atoms with Crippen molar-refractivity contribution in [3.05, 3.63) is 86.6 Å². The summed E-state index contributed by atoms with van der Waals surface area (Å²) < 4.78 is 43.6. The SMILES string of the molecule is COC(=O)CCc1ccc(C(=O)CCc2c(C(C)C)cc[s+]2-c2ccc(C(F)(F)F)cc2)cc1C. The highest BCUT2D eigenvalue weighted by Crippen LogP contribution is 2.42. The van der Waals surface area contributed by atoms with E-state index in [0.29, 0.717) is 24.8 Å². The standard InChI is InChI=1S/C28H30F3O3S/c1-18(2)24-15-16-35(23-10-8-22(9-11-23)28(29,30)31)26(24)13-12-25(32)21-6-5-20(19(3)17-21)7-14-27(33)34-4/h5-6,8-11,15-18H,7,12-14H2,1-4H3/q+1. The fourth-order valence-corrected chi connectivity index (χ4v) is 6.28. The number of alkyl halides is 3. The Hall–Kier alpha value is -2.93. The Morgan fingerprint density at radius 2 is 1.66 bits per heavy atom. The number of esters is 1. The van der Waals surface area contributed by atoms with Gasteiger partial charge in [-0.2, -0.15) is 13.2 Å². The first kappa shape index (κ1) is 26.7. The Kier molecular flexibility index (Phi) is 8.54. The molecule has 0 aliphatic heterocycles. The Bertz CT molecular complexity index is 1190. The molecule has 1 heterocycles. The van der Waals surface area contributed by atoms with Crippen LogP contribution in [0.25, 0.3) is 4.90 Å². The number of benzene rings is 2. The van der Waals surface area contributed by atoms with Crippen LogP contribution in [0.4, 0.5) is 13.2 Å².